The summed E-state index contributed by atoms with van der Waals surface area (Å²) in [6.45, 7) is 1.59. The van der Waals surface area contributed by atoms with Crippen LogP contribution in [0.4, 0.5) is 10.1 Å². The molecule has 0 aromatic heterocycles. The van der Waals surface area contributed by atoms with E-state index >= 15 is 0 Å². The van der Waals surface area contributed by atoms with E-state index in [0.717, 1.165) is 11.6 Å². The van der Waals surface area contributed by atoms with Gasteiger partial charge in [0.1, 0.15) is 5.82 Å². The molecule has 2 aromatic rings. The number of nitrogens with two attached hydrogens (primary N) is 1. The van der Waals surface area contributed by atoms with Crippen LogP contribution in [0.3, 0.4) is 0 Å². The first-order chi connectivity index (χ1) is 12.4. The summed E-state index contributed by atoms with van der Waals surface area (Å²) in [5.74, 6) is -1.02. The molecule has 0 radical (unpaired) electrons. The number of carbonyl (C=O) groups is 2. The maximum Gasteiger partial charge on any atom is 0.256 e. The quantitative estimate of drug-likeness (QED) is 0.838. The Morgan fingerprint density at radius 3 is 2.23 bits per heavy atom. The second-order valence-corrected chi connectivity index (χ2v) is 6.65. The van der Waals surface area contributed by atoms with Crippen molar-refractivity contribution in [3.05, 3.63) is 64.4 Å². The van der Waals surface area contributed by atoms with Crippen LogP contribution in [0.2, 0.25) is 5.02 Å². The monoisotopic (exact) mass is 375 g/mol. The predicted molar refractivity (Wildman–Crippen MR) is 98.5 cm³/mol. The summed E-state index contributed by atoms with van der Waals surface area (Å²) in [4.78, 5) is 28.1. The van der Waals surface area contributed by atoms with E-state index in [0.29, 0.717) is 38.3 Å². The maximum atomic E-state index is 13.9. The number of anilines is 1. The summed E-state index contributed by atoms with van der Waals surface area (Å²) < 4.78 is 13.9. The number of amides is 2. The minimum atomic E-state index is -0.635. The fourth-order valence-corrected chi connectivity index (χ4v) is 3.07. The molecule has 0 aliphatic carbocycles. The number of hydrogen-bond acceptors (Lipinski definition) is 3. The van der Waals surface area contributed by atoms with Gasteiger partial charge in [-0.3, -0.25) is 9.59 Å². The first-order valence-electron chi connectivity index (χ1n) is 8.30. The molecule has 1 aliphatic rings. The van der Waals surface area contributed by atoms with Crippen molar-refractivity contribution in [2.75, 3.05) is 31.9 Å². The lowest BCUT2D eigenvalue weighted by Gasteiger charge is -2.35. The van der Waals surface area contributed by atoms with Gasteiger partial charge >= 0.3 is 0 Å². The molecule has 1 heterocycles. The molecule has 0 unspecified atom stereocenters. The molecule has 1 aliphatic heterocycles. The van der Waals surface area contributed by atoms with Crippen LogP contribution >= 0.6 is 11.6 Å². The number of carbonyl (C=O) groups excluding carboxylic acids is 2. The van der Waals surface area contributed by atoms with Crippen LogP contribution in [-0.2, 0) is 11.2 Å². The van der Waals surface area contributed by atoms with Crippen molar-refractivity contribution in [1.29, 1.82) is 0 Å². The van der Waals surface area contributed by atoms with E-state index in [1.807, 2.05) is 12.1 Å². The molecule has 7 heteroatoms. The summed E-state index contributed by atoms with van der Waals surface area (Å²) in [6, 6.07) is 11.2. The highest BCUT2D eigenvalue weighted by molar-refractivity contribution is 6.30. The molecule has 0 bridgehead atoms. The van der Waals surface area contributed by atoms with Gasteiger partial charge in [0.15, 0.2) is 0 Å². The highest BCUT2D eigenvalue weighted by Gasteiger charge is 2.26. The molecule has 26 heavy (non-hydrogen) atoms. The summed E-state index contributed by atoms with van der Waals surface area (Å²) in [5.41, 5.74) is 7.19. The van der Waals surface area contributed by atoms with Crippen LogP contribution in [0.1, 0.15) is 15.9 Å². The average molecular weight is 376 g/mol. The zero-order chi connectivity index (χ0) is 18.7. The standard InChI is InChI=1S/C19H19ClFN3O2/c20-14-3-6-16(17(21)12-14)19(26)24-9-7-23(8-10-24)18(25)11-13-1-4-15(22)5-2-13/h1-6,12H,7-11,22H2. The van der Waals surface area contributed by atoms with Gasteiger partial charge in [0.2, 0.25) is 5.91 Å². The molecule has 2 amide bonds. The van der Waals surface area contributed by atoms with Crippen molar-refractivity contribution in [3.8, 4) is 0 Å². The van der Waals surface area contributed by atoms with Gasteiger partial charge in [-0.05, 0) is 35.9 Å². The first kappa shape index (κ1) is 18.2. The average Bonchev–Trinajstić information content (AvgIpc) is 2.63. The van der Waals surface area contributed by atoms with Crippen molar-refractivity contribution in [1.82, 2.24) is 9.80 Å². The summed E-state index contributed by atoms with van der Waals surface area (Å²) in [6.07, 6.45) is 0.292. The molecule has 1 saturated heterocycles. The van der Waals surface area contributed by atoms with E-state index in [-0.39, 0.29) is 22.4 Å². The zero-order valence-electron chi connectivity index (χ0n) is 14.1. The van der Waals surface area contributed by atoms with Gasteiger partial charge in [-0.15, -0.1) is 0 Å². The third-order valence-electron chi connectivity index (χ3n) is 4.42. The maximum absolute atomic E-state index is 13.9. The fourth-order valence-electron chi connectivity index (χ4n) is 2.91. The summed E-state index contributed by atoms with van der Waals surface area (Å²) in [5, 5.41) is 0.247. The van der Waals surface area contributed by atoms with E-state index in [2.05, 4.69) is 0 Å². The topological polar surface area (TPSA) is 66.6 Å². The molecule has 3 rings (SSSR count). The van der Waals surface area contributed by atoms with Gasteiger partial charge in [0.25, 0.3) is 5.91 Å². The lowest BCUT2D eigenvalue weighted by molar-refractivity contribution is -0.131. The van der Waals surface area contributed by atoms with Gasteiger partial charge in [0, 0.05) is 36.9 Å². The minimum Gasteiger partial charge on any atom is -0.399 e. The van der Waals surface area contributed by atoms with Crippen LogP contribution < -0.4 is 5.73 Å². The Hall–Kier alpha value is -2.60. The second kappa shape index (κ2) is 7.74. The molecule has 2 aromatic carbocycles. The number of nitrogens with zero attached hydrogens (tertiary/aromatic N) is 2. The SMILES string of the molecule is Nc1ccc(CC(=O)N2CCN(C(=O)c3ccc(Cl)cc3F)CC2)cc1. The Balaban J connectivity index is 1.57. The number of benzene rings is 2. The number of nitrogen functional groups attached to an aromatic ring is 1. The van der Waals surface area contributed by atoms with Crippen LogP contribution in [-0.4, -0.2) is 47.8 Å². The van der Waals surface area contributed by atoms with E-state index in [9.17, 15) is 14.0 Å². The summed E-state index contributed by atoms with van der Waals surface area (Å²) >= 11 is 5.72. The van der Waals surface area contributed by atoms with Gasteiger partial charge in [-0.1, -0.05) is 23.7 Å². The van der Waals surface area contributed by atoms with Crippen LogP contribution in [0.5, 0.6) is 0 Å². The number of rotatable bonds is 3. The molecule has 5 nitrogen and oxygen atoms in total. The van der Waals surface area contributed by atoms with E-state index in [1.54, 1.807) is 21.9 Å². The molecule has 136 valence electrons. The van der Waals surface area contributed by atoms with Gasteiger partial charge in [-0.25, -0.2) is 4.39 Å². The molecule has 0 atom stereocenters. The normalized spacial score (nSPS) is 14.4. The van der Waals surface area contributed by atoms with Gasteiger partial charge in [0.05, 0.1) is 12.0 Å². The van der Waals surface area contributed by atoms with Crippen molar-refractivity contribution >= 4 is 29.1 Å². The molecule has 0 spiro atoms. The molecule has 0 saturated carbocycles. The van der Waals surface area contributed by atoms with Crippen molar-refractivity contribution in [2.45, 2.75) is 6.42 Å². The minimum absolute atomic E-state index is 0.000422. The highest BCUT2D eigenvalue weighted by atomic mass is 35.5. The van der Waals surface area contributed by atoms with Crippen molar-refractivity contribution < 1.29 is 14.0 Å². The lowest BCUT2D eigenvalue weighted by atomic mass is 10.1. The van der Waals surface area contributed by atoms with Crippen LogP contribution in [0.15, 0.2) is 42.5 Å². The highest BCUT2D eigenvalue weighted by Crippen LogP contribution is 2.17. The first-order valence-corrected chi connectivity index (χ1v) is 8.68. The molecule has 2 N–H and O–H groups in total. The molecular weight excluding hydrogens is 357 g/mol. The van der Waals surface area contributed by atoms with Crippen molar-refractivity contribution in [2.24, 2.45) is 0 Å². The number of hydrogen-bond donors (Lipinski definition) is 1. The van der Waals surface area contributed by atoms with E-state index in [4.69, 9.17) is 17.3 Å². The third-order valence-corrected chi connectivity index (χ3v) is 4.65. The predicted octanol–water partition coefficient (Wildman–Crippen LogP) is 2.59. The smallest absolute Gasteiger partial charge is 0.256 e. The molecule has 1 fully saturated rings. The number of halogens is 2. The van der Waals surface area contributed by atoms with E-state index < -0.39 is 5.82 Å². The van der Waals surface area contributed by atoms with Crippen molar-refractivity contribution in [3.63, 3.8) is 0 Å². The second-order valence-electron chi connectivity index (χ2n) is 6.22. The third kappa shape index (κ3) is 4.14. The number of piperazine rings is 1. The Bertz CT molecular complexity index is 818. The Morgan fingerprint density at radius 2 is 1.62 bits per heavy atom. The Kier molecular flexibility index (Phi) is 5.42. The van der Waals surface area contributed by atoms with Gasteiger partial charge < -0.3 is 15.5 Å². The largest absolute Gasteiger partial charge is 0.399 e. The summed E-state index contributed by atoms with van der Waals surface area (Å²) in [7, 11) is 0. The Morgan fingerprint density at radius 1 is 1.00 bits per heavy atom. The van der Waals surface area contributed by atoms with E-state index in [1.165, 1.54) is 12.1 Å². The van der Waals surface area contributed by atoms with Crippen LogP contribution in [0.25, 0.3) is 0 Å². The zero-order valence-corrected chi connectivity index (χ0v) is 14.9. The van der Waals surface area contributed by atoms with Crippen LogP contribution in [0, 0.1) is 5.82 Å². The molecular formula is C19H19ClFN3O2. The fraction of sp³-hybridized carbons (Fsp3) is 0.263. The van der Waals surface area contributed by atoms with Gasteiger partial charge in [-0.2, -0.15) is 0 Å². The lowest BCUT2D eigenvalue weighted by Crippen LogP contribution is -2.51. The Labute approximate surface area is 156 Å².